The molecule has 0 spiro atoms. The van der Waals surface area contributed by atoms with Crippen molar-refractivity contribution in [2.75, 3.05) is 0 Å². The predicted molar refractivity (Wildman–Crippen MR) is 134 cm³/mol. The van der Waals surface area contributed by atoms with Crippen LogP contribution in [-0.4, -0.2) is 8.07 Å². The van der Waals surface area contributed by atoms with Crippen LogP contribution in [0.25, 0.3) is 0 Å². The third kappa shape index (κ3) is 3.81. The van der Waals surface area contributed by atoms with Gasteiger partial charge in [-0.25, -0.2) is 0 Å². The fourth-order valence-corrected chi connectivity index (χ4v) is 9.60. The van der Waals surface area contributed by atoms with E-state index in [4.69, 9.17) is 0 Å². The average Bonchev–Trinajstić information content (AvgIpc) is 3.37. The normalized spacial score (nSPS) is 34.3. The summed E-state index contributed by atoms with van der Waals surface area (Å²) in [7, 11) is -1.84. The van der Waals surface area contributed by atoms with E-state index in [0.717, 1.165) is 23.7 Å². The highest BCUT2D eigenvalue weighted by Crippen LogP contribution is 2.63. The Balaban J connectivity index is 1.36. The third-order valence-corrected chi connectivity index (χ3v) is 11.8. The van der Waals surface area contributed by atoms with Gasteiger partial charge in [-0.15, -0.1) is 0 Å². The molecule has 160 valence electrons. The molecule has 3 fully saturated rings. The van der Waals surface area contributed by atoms with E-state index < -0.39 is 8.07 Å². The van der Waals surface area contributed by atoms with Crippen LogP contribution in [0, 0.1) is 83.6 Å². The van der Waals surface area contributed by atoms with Crippen LogP contribution in [0.3, 0.4) is 0 Å². The second-order valence-electron chi connectivity index (χ2n) is 11.0. The third-order valence-electron chi connectivity index (χ3n) is 8.26. The number of allylic oxidation sites excluding steroid dienone is 8. The van der Waals surface area contributed by atoms with E-state index in [1.165, 1.54) is 42.9 Å². The molecule has 3 atom stereocenters. The zero-order chi connectivity index (χ0) is 21.8. The molecule has 0 bridgehead atoms. The smallest absolute Gasteiger partial charge is 0.0635 e. The van der Waals surface area contributed by atoms with Crippen molar-refractivity contribution >= 4 is 8.07 Å². The van der Waals surface area contributed by atoms with Gasteiger partial charge in [-0.3, -0.25) is 0 Å². The van der Waals surface area contributed by atoms with E-state index in [9.17, 15) is 0 Å². The van der Waals surface area contributed by atoms with Gasteiger partial charge in [0.15, 0.2) is 0 Å². The fraction of sp³-hybridized carbons (Fsp3) is 0.400. The first kappa shape index (κ1) is 22.0. The Morgan fingerprint density at radius 3 is 1.97 bits per heavy atom. The minimum absolute atomic E-state index is 0.732. The van der Waals surface area contributed by atoms with Crippen molar-refractivity contribution in [3.05, 3.63) is 109 Å². The van der Waals surface area contributed by atoms with E-state index in [2.05, 4.69) is 102 Å². The summed E-state index contributed by atoms with van der Waals surface area (Å²) in [4.78, 5) is 0. The summed E-state index contributed by atoms with van der Waals surface area (Å²) in [5.41, 5.74) is 3.22. The lowest BCUT2D eigenvalue weighted by Crippen LogP contribution is -2.45. The second-order valence-corrected chi connectivity index (χ2v) is 15.3. The molecule has 0 aliphatic heterocycles. The SMILES string of the molecule is CC(C)[C@@H]1CC[C@@H](C)C[C@H]1[C]1[CH][CH][C]([Si](C)(C)[C]2[C]3C=CC=C[C]3[C]3C=CC=C[C]32)[CH]1. The molecule has 0 heterocycles. The van der Waals surface area contributed by atoms with Gasteiger partial charge in [0.05, 0.1) is 8.07 Å². The van der Waals surface area contributed by atoms with Gasteiger partial charge in [-0.1, -0.05) is 88.9 Å². The molecular weight excluding hydrogens is 388 g/mol. The lowest BCUT2D eigenvalue weighted by molar-refractivity contribution is 0.159. The molecule has 5 aliphatic carbocycles. The van der Waals surface area contributed by atoms with Gasteiger partial charge in [0, 0.05) is 23.7 Å². The van der Waals surface area contributed by atoms with Gasteiger partial charge in [-0.2, -0.15) is 0 Å². The Hall–Kier alpha value is -0.823. The van der Waals surface area contributed by atoms with Crippen molar-refractivity contribution in [1.29, 1.82) is 0 Å². The first-order chi connectivity index (χ1) is 14.9. The Labute approximate surface area is 193 Å². The zero-order valence-corrected chi connectivity index (χ0v) is 20.8. The van der Waals surface area contributed by atoms with Crippen molar-refractivity contribution in [2.45, 2.75) is 53.1 Å². The summed E-state index contributed by atoms with van der Waals surface area (Å²) < 4.78 is 0. The molecule has 0 nitrogen and oxygen atoms in total. The minimum Gasteiger partial charge on any atom is -0.0762 e. The molecule has 1 heteroatoms. The zero-order valence-electron chi connectivity index (χ0n) is 19.8. The van der Waals surface area contributed by atoms with E-state index in [0.29, 0.717) is 0 Å². The van der Waals surface area contributed by atoms with Gasteiger partial charge >= 0.3 is 0 Å². The first-order valence-electron chi connectivity index (χ1n) is 12.2. The van der Waals surface area contributed by atoms with Crippen molar-refractivity contribution in [2.24, 2.45) is 23.7 Å². The summed E-state index contributed by atoms with van der Waals surface area (Å²) in [6.07, 6.45) is 29.8. The fourth-order valence-electron chi connectivity index (χ4n) is 6.50. The van der Waals surface area contributed by atoms with Crippen molar-refractivity contribution in [3.63, 3.8) is 0 Å². The molecule has 0 amide bonds. The molecule has 5 rings (SSSR count). The summed E-state index contributed by atoms with van der Waals surface area (Å²) in [6.45, 7) is 12.4. The lowest BCUT2D eigenvalue weighted by Gasteiger charge is -2.42. The molecule has 0 aromatic carbocycles. The van der Waals surface area contributed by atoms with Gasteiger partial charge in [-0.05, 0) is 72.8 Å². The maximum atomic E-state index is 2.61. The number of hydrogen-bond donors (Lipinski definition) is 0. The molecular formula is C30H36Si. The summed E-state index contributed by atoms with van der Waals surface area (Å²) >= 11 is 0. The van der Waals surface area contributed by atoms with Crippen LogP contribution >= 0.6 is 0 Å². The van der Waals surface area contributed by atoms with Crippen LogP contribution in [-0.2, 0) is 0 Å². The monoisotopic (exact) mass is 424 g/mol. The van der Waals surface area contributed by atoms with E-state index in [-0.39, 0.29) is 0 Å². The van der Waals surface area contributed by atoms with Crippen molar-refractivity contribution in [3.8, 4) is 0 Å². The number of rotatable bonds is 4. The van der Waals surface area contributed by atoms with E-state index in [1.807, 2.05) is 0 Å². The Bertz CT molecular complexity index is 733. The lowest BCUT2D eigenvalue weighted by atomic mass is 9.65. The standard InChI is InChI=1S/C30H36Si/c1-20(2)24-17-14-21(3)18-29(24)22-15-16-23(19-22)31(4,5)30-27-12-8-6-10-25(27)26-11-7-9-13-28(26)30/h6-13,15-16,19-21,24,29H,14,17-18H2,1-5H3/t21-,24+,29+/m1/s1. The number of fused-ring (bicyclic) bond motifs is 3. The highest BCUT2D eigenvalue weighted by Gasteiger charge is 2.58. The van der Waals surface area contributed by atoms with Crippen LogP contribution in [0.4, 0.5) is 0 Å². The van der Waals surface area contributed by atoms with Crippen molar-refractivity contribution < 1.29 is 0 Å². The van der Waals surface area contributed by atoms with E-state index in [1.54, 1.807) is 17.0 Å². The predicted octanol–water partition coefficient (Wildman–Crippen LogP) is 7.40. The maximum absolute atomic E-state index is 2.61. The van der Waals surface area contributed by atoms with Crippen LogP contribution < -0.4 is 0 Å². The van der Waals surface area contributed by atoms with Gasteiger partial charge in [0.1, 0.15) is 0 Å². The molecule has 0 aromatic heterocycles. The maximum Gasteiger partial charge on any atom is 0.0635 e. The molecule has 0 unspecified atom stereocenters. The van der Waals surface area contributed by atoms with Crippen LogP contribution in [0.1, 0.15) is 40.0 Å². The quantitative estimate of drug-likeness (QED) is 0.413. The minimum atomic E-state index is -1.84. The highest BCUT2D eigenvalue weighted by atomic mass is 28.3. The van der Waals surface area contributed by atoms with E-state index >= 15 is 0 Å². The molecule has 0 aromatic rings. The molecule has 3 saturated carbocycles. The Morgan fingerprint density at radius 2 is 1.39 bits per heavy atom. The highest BCUT2D eigenvalue weighted by molar-refractivity contribution is 6.90. The first-order valence-corrected chi connectivity index (χ1v) is 15.2. The average molecular weight is 425 g/mol. The molecule has 0 N–H and O–H groups in total. The Morgan fingerprint density at radius 1 is 0.806 bits per heavy atom. The number of hydrogen-bond acceptors (Lipinski definition) is 0. The van der Waals surface area contributed by atoms with Crippen LogP contribution in [0.2, 0.25) is 13.1 Å². The summed E-state index contributed by atoms with van der Waals surface area (Å²) in [5.74, 6) is 10.6. The molecule has 5 aliphatic rings. The largest absolute Gasteiger partial charge is 0.0762 e. The summed E-state index contributed by atoms with van der Waals surface area (Å²) in [6, 6.07) is 0. The van der Waals surface area contributed by atoms with Crippen LogP contribution in [0.15, 0.2) is 48.6 Å². The van der Waals surface area contributed by atoms with Gasteiger partial charge in [0.2, 0.25) is 0 Å². The second kappa shape index (κ2) is 8.51. The summed E-state index contributed by atoms with van der Waals surface area (Å²) in [5, 5.41) is 0. The molecule has 10 radical (unpaired) electrons. The topological polar surface area (TPSA) is 0 Å². The van der Waals surface area contributed by atoms with Crippen LogP contribution in [0.5, 0.6) is 0 Å². The van der Waals surface area contributed by atoms with Gasteiger partial charge in [0.25, 0.3) is 0 Å². The Kier molecular flexibility index (Phi) is 6.04. The van der Waals surface area contributed by atoms with Gasteiger partial charge < -0.3 is 0 Å². The molecule has 0 saturated heterocycles. The molecule has 31 heavy (non-hydrogen) atoms. The van der Waals surface area contributed by atoms with Crippen molar-refractivity contribution in [1.82, 2.24) is 0 Å².